The van der Waals surface area contributed by atoms with Crippen LogP contribution in [0.25, 0.3) is 10.2 Å². The molecule has 0 bridgehead atoms. The van der Waals surface area contributed by atoms with E-state index in [1.54, 1.807) is 30.2 Å². The number of carbonyl (C=O) groups excluding carboxylic acids is 1. The third kappa shape index (κ3) is 4.83. The summed E-state index contributed by atoms with van der Waals surface area (Å²) in [7, 11) is 0. The normalized spacial score (nSPS) is 11.0. The van der Waals surface area contributed by atoms with Crippen molar-refractivity contribution in [1.82, 2.24) is 9.97 Å². The predicted octanol–water partition coefficient (Wildman–Crippen LogP) is 5.69. The lowest BCUT2D eigenvalue weighted by molar-refractivity contribution is -0.118. The van der Waals surface area contributed by atoms with Crippen LogP contribution in [0.15, 0.2) is 71.9 Å². The SMILES string of the molecule is O=C(CCSc1ccccc1)N(Cc1cccnc1)c1nc2c(F)cc(F)cc2s1. The summed E-state index contributed by atoms with van der Waals surface area (Å²) in [5.74, 6) is -0.942. The summed E-state index contributed by atoms with van der Waals surface area (Å²) in [6.07, 6.45) is 3.61. The standard InChI is InChI=1S/C22H17F2N3OS2/c23-16-11-18(24)21-19(12-16)30-22(26-21)27(14-15-5-4-9-25-13-15)20(28)8-10-29-17-6-2-1-3-7-17/h1-7,9,11-13H,8,10,14H2. The highest BCUT2D eigenvalue weighted by atomic mass is 32.2. The predicted molar refractivity (Wildman–Crippen MR) is 117 cm³/mol. The second-order valence-corrected chi connectivity index (χ2v) is 8.66. The summed E-state index contributed by atoms with van der Waals surface area (Å²) >= 11 is 2.69. The maximum atomic E-state index is 14.1. The van der Waals surface area contributed by atoms with E-state index in [0.717, 1.165) is 27.9 Å². The Balaban J connectivity index is 1.57. The minimum Gasteiger partial charge on any atom is -0.284 e. The van der Waals surface area contributed by atoms with Crippen molar-refractivity contribution in [3.63, 3.8) is 0 Å². The Morgan fingerprint density at radius 2 is 1.93 bits per heavy atom. The average molecular weight is 442 g/mol. The van der Waals surface area contributed by atoms with Crippen LogP contribution in [-0.4, -0.2) is 21.6 Å². The molecule has 0 saturated carbocycles. The number of thiazole rings is 1. The number of carbonyl (C=O) groups is 1. The Hall–Kier alpha value is -2.84. The van der Waals surface area contributed by atoms with Crippen molar-refractivity contribution in [3.8, 4) is 0 Å². The van der Waals surface area contributed by atoms with Gasteiger partial charge in [-0.2, -0.15) is 0 Å². The van der Waals surface area contributed by atoms with Crippen LogP contribution in [0.1, 0.15) is 12.0 Å². The average Bonchev–Trinajstić information content (AvgIpc) is 3.17. The van der Waals surface area contributed by atoms with E-state index >= 15 is 0 Å². The fraction of sp³-hybridized carbons (Fsp3) is 0.136. The lowest BCUT2D eigenvalue weighted by atomic mass is 10.2. The molecule has 0 atom stereocenters. The fourth-order valence-corrected chi connectivity index (χ4v) is 4.79. The quantitative estimate of drug-likeness (QED) is 0.346. The maximum absolute atomic E-state index is 14.1. The molecule has 2 aromatic heterocycles. The molecule has 4 rings (SSSR count). The zero-order chi connectivity index (χ0) is 20.9. The van der Waals surface area contributed by atoms with E-state index in [4.69, 9.17) is 0 Å². The van der Waals surface area contributed by atoms with Crippen LogP contribution in [0, 0.1) is 11.6 Å². The Labute approximate surface area is 180 Å². The first-order valence-electron chi connectivity index (χ1n) is 9.23. The van der Waals surface area contributed by atoms with E-state index < -0.39 is 11.6 Å². The number of hydrogen-bond donors (Lipinski definition) is 0. The minimum atomic E-state index is -0.735. The minimum absolute atomic E-state index is 0.0686. The van der Waals surface area contributed by atoms with E-state index in [1.807, 2.05) is 36.4 Å². The van der Waals surface area contributed by atoms with E-state index in [9.17, 15) is 13.6 Å². The smallest absolute Gasteiger partial charge is 0.229 e. The molecule has 0 saturated heterocycles. The molecule has 4 nitrogen and oxygen atoms in total. The first kappa shape index (κ1) is 20.4. The molecule has 0 N–H and O–H groups in total. The summed E-state index contributed by atoms with van der Waals surface area (Å²) in [6, 6.07) is 15.5. The van der Waals surface area contributed by atoms with Crippen LogP contribution in [0.2, 0.25) is 0 Å². The second-order valence-electron chi connectivity index (χ2n) is 6.48. The van der Waals surface area contributed by atoms with Gasteiger partial charge in [0.05, 0.1) is 11.2 Å². The summed E-state index contributed by atoms with van der Waals surface area (Å²) in [5, 5.41) is 0.341. The topological polar surface area (TPSA) is 46.1 Å². The zero-order valence-corrected chi connectivity index (χ0v) is 17.4. The van der Waals surface area contributed by atoms with Gasteiger partial charge in [-0.05, 0) is 29.8 Å². The van der Waals surface area contributed by atoms with Crippen molar-refractivity contribution in [2.24, 2.45) is 0 Å². The van der Waals surface area contributed by atoms with Crippen molar-refractivity contribution in [2.75, 3.05) is 10.7 Å². The molecule has 1 amide bonds. The monoisotopic (exact) mass is 441 g/mol. The molecule has 4 aromatic rings. The van der Waals surface area contributed by atoms with E-state index in [2.05, 4.69) is 9.97 Å². The van der Waals surface area contributed by atoms with Crippen LogP contribution >= 0.6 is 23.1 Å². The highest BCUT2D eigenvalue weighted by Gasteiger charge is 2.21. The van der Waals surface area contributed by atoms with Gasteiger partial charge in [-0.25, -0.2) is 13.8 Å². The van der Waals surface area contributed by atoms with E-state index in [0.29, 0.717) is 15.6 Å². The zero-order valence-electron chi connectivity index (χ0n) is 15.8. The summed E-state index contributed by atoms with van der Waals surface area (Å²) < 4.78 is 28.1. The number of amides is 1. The Morgan fingerprint density at radius 3 is 2.70 bits per heavy atom. The number of fused-ring (bicyclic) bond motifs is 1. The second kappa shape index (κ2) is 9.32. The van der Waals surface area contributed by atoms with Crippen LogP contribution < -0.4 is 4.90 Å². The molecule has 8 heteroatoms. The van der Waals surface area contributed by atoms with Crippen molar-refractivity contribution < 1.29 is 13.6 Å². The van der Waals surface area contributed by atoms with Gasteiger partial charge in [0.1, 0.15) is 11.3 Å². The van der Waals surface area contributed by atoms with Gasteiger partial charge in [0.25, 0.3) is 0 Å². The molecule has 0 aliphatic carbocycles. The Morgan fingerprint density at radius 1 is 1.10 bits per heavy atom. The highest BCUT2D eigenvalue weighted by molar-refractivity contribution is 7.99. The summed E-state index contributed by atoms with van der Waals surface area (Å²) in [5.41, 5.74) is 0.895. The number of benzene rings is 2. The maximum Gasteiger partial charge on any atom is 0.229 e. The lowest BCUT2D eigenvalue weighted by Crippen LogP contribution is -2.30. The van der Waals surface area contributed by atoms with Crippen molar-refractivity contribution >= 4 is 44.4 Å². The number of rotatable bonds is 7. The molecule has 2 heterocycles. The van der Waals surface area contributed by atoms with Crippen LogP contribution in [0.5, 0.6) is 0 Å². The van der Waals surface area contributed by atoms with Gasteiger partial charge < -0.3 is 0 Å². The Bertz CT molecular complexity index is 1150. The molecule has 0 fully saturated rings. The molecular weight excluding hydrogens is 424 g/mol. The molecule has 0 spiro atoms. The molecule has 0 aliphatic heterocycles. The van der Waals surface area contributed by atoms with Crippen molar-refractivity contribution in [2.45, 2.75) is 17.9 Å². The molecule has 0 unspecified atom stereocenters. The van der Waals surface area contributed by atoms with Crippen LogP contribution in [-0.2, 0) is 11.3 Å². The van der Waals surface area contributed by atoms with Crippen molar-refractivity contribution in [3.05, 3.63) is 84.2 Å². The summed E-state index contributed by atoms with van der Waals surface area (Å²) in [4.78, 5) is 24.0. The number of aromatic nitrogens is 2. The van der Waals surface area contributed by atoms with Gasteiger partial charge in [0, 0.05) is 35.5 Å². The van der Waals surface area contributed by atoms with E-state index in [-0.39, 0.29) is 24.4 Å². The van der Waals surface area contributed by atoms with Crippen LogP contribution in [0.4, 0.5) is 13.9 Å². The first-order valence-corrected chi connectivity index (χ1v) is 11.0. The van der Waals surface area contributed by atoms with Gasteiger partial charge >= 0.3 is 0 Å². The molecule has 0 radical (unpaired) electrons. The number of hydrogen-bond acceptors (Lipinski definition) is 5. The van der Waals surface area contributed by atoms with Crippen LogP contribution in [0.3, 0.4) is 0 Å². The third-order valence-corrected chi connectivity index (χ3v) is 6.36. The molecular formula is C22H17F2N3OS2. The molecule has 152 valence electrons. The van der Waals surface area contributed by atoms with Crippen molar-refractivity contribution in [1.29, 1.82) is 0 Å². The Kier molecular flexibility index (Phi) is 6.35. The van der Waals surface area contributed by atoms with Gasteiger partial charge in [-0.15, -0.1) is 11.8 Å². The number of pyridine rings is 1. The van der Waals surface area contributed by atoms with Gasteiger partial charge in [0.15, 0.2) is 10.9 Å². The molecule has 0 aliphatic rings. The molecule has 2 aromatic carbocycles. The third-order valence-electron chi connectivity index (χ3n) is 4.33. The number of halogens is 2. The lowest BCUT2D eigenvalue weighted by Gasteiger charge is -2.20. The highest BCUT2D eigenvalue weighted by Crippen LogP contribution is 2.32. The fourth-order valence-electron chi connectivity index (χ4n) is 2.91. The summed E-state index contributed by atoms with van der Waals surface area (Å²) in [6.45, 7) is 0.257. The first-order chi connectivity index (χ1) is 14.6. The van der Waals surface area contributed by atoms with E-state index in [1.165, 1.54) is 11.0 Å². The van der Waals surface area contributed by atoms with Gasteiger partial charge in [-0.1, -0.05) is 35.6 Å². The number of anilines is 1. The molecule has 30 heavy (non-hydrogen) atoms. The number of nitrogens with zero attached hydrogens (tertiary/aromatic N) is 3. The van der Waals surface area contributed by atoms with Gasteiger partial charge in [0.2, 0.25) is 5.91 Å². The largest absolute Gasteiger partial charge is 0.284 e. The number of thioether (sulfide) groups is 1. The van der Waals surface area contributed by atoms with Gasteiger partial charge in [-0.3, -0.25) is 14.7 Å².